The summed E-state index contributed by atoms with van der Waals surface area (Å²) < 4.78 is 0. The normalized spacial score (nSPS) is 11.8. The minimum Gasteiger partial charge on any atom is -0.479 e. The Labute approximate surface area is 190 Å². The number of nitrogens with two attached hydrogens (primary N) is 1. The summed E-state index contributed by atoms with van der Waals surface area (Å²) >= 11 is 1.37. The molecule has 4 aromatic rings. The standard InChI is InChI=1S/C26H22N2O3S/c27-20-13-11-19(12-14-20)24(26(30)31)28-25(29)22-16-15-21(32-22)23(17-7-3-1-4-8-17)18-9-5-2-6-10-18/h1-16,23-24H,27H2,(H,28,29)(H,30,31)/t24-/m0/s1. The molecule has 0 aliphatic heterocycles. The highest BCUT2D eigenvalue weighted by atomic mass is 32.1. The largest absolute Gasteiger partial charge is 0.479 e. The third-order valence-corrected chi connectivity index (χ3v) is 6.34. The number of nitrogens with one attached hydrogen (secondary N) is 1. The molecule has 1 amide bonds. The van der Waals surface area contributed by atoms with Crippen molar-refractivity contribution in [2.24, 2.45) is 0 Å². The molecule has 0 unspecified atom stereocenters. The number of rotatable bonds is 7. The molecular formula is C26H22N2O3S. The van der Waals surface area contributed by atoms with Crippen LogP contribution in [0.25, 0.3) is 0 Å². The van der Waals surface area contributed by atoms with E-state index in [2.05, 4.69) is 29.6 Å². The van der Waals surface area contributed by atoms with E-state index in [0.717, 1.165) is 16.0 Å². The van der Waals surface area contributed by atoms with Gasteiger partial charge in [-0.25, -0.2) is 4.79 Å². The summed E-state index contributed by atoms with van der Waals surface area (Å²) in [6.45, 7) is 0. The average Bonchev–Trinajstić information content (AvgIpc) is 3.29. The molecule has 3 aromatic carbocycles. The number of anilines is 1. The zero-order valence-electron chi connectivity index (χ0n) is 17.1. The number of carboxylic acid groups (broad SMARTS) is 1. The number of benzene rings is 3. The first kappa shape index (κ1) is 21.3. The van der Waals surface area contributed by atoms with E-state index in [9.17, 15) is 14.7 Å². The van der Waals surface area contributed by atoms with Crippen LogP contribution in [0.5, 0.6) is 0 Å². The van der Waals surface area contributed by atoms with Gasteiger partial charge >= 0.3 is 5.97 Å². The second-order valence-electron chi connectivity index (χ2n) is 7.37. The molecule has 4 N–H and O–H groups in total. The van der Waals surface area contributed by atoms with Gasteiger partial charge in [0.2, 0.25) is 0 Å². The second kappa shape index (κ2) is 9.49. The lowest BCUT2D eigenvalue weighted by atomic mass is 9.90. The number of hydrogen-bond acceptors (Lipinski definition) is 4. The molecule has 0 saturated carbocycles. The summed E-state index contributed by atoms with van der Waals surface area (Å²) in [5, 5.41) is 12.3. The zero-order chi connectivity index (χ0) is 22.5. The van der Waals surface area contributed by atoms with Gasteiger partial charge in [-0.1, -0.05) is 72.8 Å². The number of carbonyl (C=O) groups excluding carboxylic acids is 1. The summed E-state index contributed by atoms with van der Waals surface area (Å²) in [4.78, 5) is 26.2. The van der Waals surface area contributed by atoms with E-state index >= 15 is 0 Å². The van der Waals surface area contributed by atoms with Gasteiger partial charge in [-0.05, 0) is 41.0 Å². The van der Waals surface area contributed by atoms with Gasteiger partial charge in [0, 0.05) is 16.5 Å². The molecule has 1 heterocycles. The van der Waals surface area contributed by atoms with Crippen LogP contribution in [-0.2, 0) is 4.79 Å². The first-order valence-corrected chi connectivity index (χ1v) is 10.9. The third kappa shape index (κ3) is 4.71. The minimum atomic E-state index is -1.16. The lowest BCUT2D eigenvalue weighted by molar-refractivity contribution is -0.139. The predicted molar refractivity (Wildman–Crippen MR) is 127 cm³/mol. The van der Waals surface area contributed by atoms with Crippen molar-refractivity contribution < 1.29 is 14.7 Å². The lowest BCUT2D eigenvalue weighted by Crippen LogP contribution is -2.33. The Morgan fingerprint density at radius 3 is 1.84 bits per heavy atom. The van der Waals surface area contributed by atoms with Crippen molar-refractivity contribution in [2.45, 2.75) is 12.0 Å². The van der Waals surface area contributed by atoms with E-state index in [1.54, 1.807) is 30.3 Å². The molecule has 0 saturated heterocycles. The maximum atomic E-state index is 12.9. The maximum Gasteiger partial charge on any atom is 0.330 e. The van der Waals surface area contributed by atoms with Crippen LogP contribution in [0.1, 0.15) is 43.2 Å². The first-order valence-electron chi connectivity index (χ1n) is 10.1. The topological polar surface area (TPSA) is 92.4 Å². The average molecular weight is 443 g/mol. The predicted octanol–water partition coefficient (Wildman–Crippen LogP) is 5.07. The van der Waals surface area contributed by atoms with Crippen LogP contribution < -0.4 is 11.1 Å². The maximum absolute atomic E-state index is 12.9. The molecule has 0 fully saturated rings. The molecule has 1 aromatic heterocycles. The van der Waals surface area contributed by atoms with Gasteiger partial charge in [-0.3, -0.25) is 4.79 Å². The molecule has 6 heteroatoms. The fraction of sp³-hybridized carbons (Fsp3) is 0.0769. The summed E-state index contributed by atoms with van der Waals surface area (Å²) in [7, 11) is 0. The van der Waals surface area contributed by atoms with Crippen molar-refractivity contribution >= 4 is 28.9 Å². The number of hydrogen-bond donors (Lipinski definition) is 3. The Balaban J connectivity index is 1.62. The summed E-state index contributed by atoms with van der Waals surface area (Å²) in [6.07, 6.45) is 0. The second-order valence-corrected chi connectivity index (χ2v) is 8.48. The van der Waals surface area contributed by atoms with E-state index in [1.165, 1.54) is 11.3 Å². The molecule has 5 nitrogen and oxygen atoms in total. The van der Waals surface area contributed by atoms with Gasteiger partial charge in [0.25, 0.3) is 5.91 Å². The van der Waals surface area contributed by atoms with Gasteiger partial charge in [-0.15, -0.1) is 11.3 Å². The molecule has 1 atom stereocenters. The number of thiophene rings is 1. The molecule has 0 aliphatic rings. The Hall–Kier alpha value is -3.90. The van der Waals surface area contributed by atoms with Crippen molar-refractivity contribution in [3.8, 4) is 0 Å². The zero-order valence-corrected chi connectivity index (χ0v) is 18.0. The number of carboxylic acids is 1. The number of carbonyl (C=O) groups is 2. The van der Waals surface area contributed by atoms with Gasteiger partial charge in [0.1, 0.15) is 0 Å². The van der Waals surface area contributed by atoms with Crippen LogP contribution in [0.2, 0.25) is 0 Å². The smallest absolute Gasteiger partial charge is 0.330 e. The van der Waals surface area contributed by atoms with Crippen molar-refractivity contribution in [1.82, 2.24) is 5.32 Å². The Bertz CT molecular complexity index is 1170. The van der Waals surface area contributed by atoms with E-state index in [-0.39, 0.29) is 5.92 Å². The summed E-state index contributed by atoms with van der Waals surface area (Å²) in [6, 6.07) is 29.2. The van der Waals surface area contributed by atoms with Gasteiger partial charge in [-0.2, -0.15) is 0 Å². The van der Waals surface area contributed by atoms with Crippen molar-refractivity contribution in [3.05, 3.63) is 124 Å². The van der Waals surface area contributed by atoms with Crippen molar-refractivity contribution in [3.63, 3.8) is 0 Å². The van der Waals surface area contributed by atoms with Gasteiger partial charge in [0.05, 0.1) is 4.88 Å². The highest BCUT2D eigenvalue weighted by Crippen LogP contribution is 2.36. The number of amides is 1. The molecule has 0 spiro atoms. The Kier molecular flexibility index (Phi) is 6.33. The van der Waals surface area contributed by atoms with E-state index < -0.39 is 17.9 Å². The minimum absolute atomic E-state index is 0.0173. The fourth-order valence-electron chi connectivity index (χ4n) is 3.62. The van der Waals surface area contributed by atoms with E-state index in [1.807, 2.05) is 42.5 Å². The van der Waals surface area contributed by atoms with Gasteiger partial charge in [0.15, 0.2) is 6.04 Å². The first-order chi connectivity index (χ1) is 15.5. The van der Waals surface area contributed by atoms with Crippen LogP contribution in [0, 0.1) is 0 Å². The lowest BCUT2D eigenvalue weighted by Gasteiger charge is -2.17. The highest BCUT2D eigenvalue weighted by Gasteiger charge is 2.25. The molecule has 160 valence electrons. The number of aliphatic carboxylic acids is 1. The molecule has 0 aliphatic carbocycles. The quantitative estimate of drug-likeness (QED) is 0.349. The molecule has 0 radical (unpaired) electrons. The Morgan fingerprint density at radius 1 is 0.750 bits per heavy atom. The van der Waals surface area contributed by atoms with E-state index in [4.69, 9.17) is 5.73 Å². The molecular weight excluding hydrogens is 420 g/mol. The monoisotopic (exact) mass is 442 g/mol. The highest BCUT2D eigenvalue weighted by molar-refractivity contribution is 7.14. The fourth-order valence-corrected chi connectivity index (χ4v) is 4.69. The molecule has 4 rings (SSSR count). The van der Waals surface area contributed by atoms with Crippen LogP contribution in [0.3, 0.4) is 0 Å². The van der Waals surface area contributed by atoms with Crippen LogP contribution in [0.15, 0.2) is 97.1 Å². The van der Waals surface area contributed by atoms with Crippen LogP contribution in [0.4, 0.5) is 5.69 Å². The van der Waals surface area contributed by atoms with Crippen molar-refractivity contribution in [2.75, 3.05) is 5.73 Å². The van der Waals surface area contributed by atoms with Crippen LogP contribution >= 0.6 is 11.3 Å². The summed E-state index contributed by atoms with van der Waals surface area (Å²) in [5.41, 5.74) is 8.92. The SMILES string of the molecule is Nc1ccc([C@H](NC(=O)c2ccc(C(c3ccccc3)c3ccccc3)s2)C(=O)O)cc1. The van der Waals surface area contributed by atoms with Crippen LogP contribution in [-0.4, -0.2) is 17.0 Å². The molecule has 0 bridgehead atoms. The summed E-state index contributed by atoms with van der Waals surface area (Å²) in [5.74, 6) is -1.58. The molecule has 32 heavy (non-hydrogen) atoms. The van der Waals surface area contributed by atoms with Crippen molar-refractivity contribution in [1.29, 1.82) is 0 Å². The number of nitrogen functional groups attached to an aromatic ring is 1. The van der Waals surface area contributed by atoms with E-state index in [0.29, 0.717) is 16.1 Å². The Morgan fingerprint density at radius 2 is 1.31 bits per heavy atom. The third-order valence-electron chi connectivity index (χ3n) is 5.19. The van der Waals surface area contributed by atoms with Gasteiger partial charge < -0.3 is 16.2 Å².